The third kappa shape index (κ3) is 5.37. The van der Waals surface area contributed by atoms with Gasteiger partial charge >= 0.3 is 5.97 Å². The average molecular weight is 478 g/mol. The summed E-state index contributed by atoms with van der Waals surface area (Å²) in [5.41, 5.74) is 10.8. The van der Waals surface area contributed by atoms with Crippen molar-refractivity contribution in [2.75, 3.05) is 11.4 Å². The number of halogens is 1. The minimum absolute atomic E-state index is 0. The Balaban J connectivity index is 0.00000324. The first-order valence-corrected chi connectivity index (χ1v) is 10.6. The van der Waals surface area contributed by atoms with Crippen molar-refractivity contribution in [2.45, 2.75) is 25.5 Å². The maximum absolute atomic E-state index is 12.5. The van der Waals surface area contributed by atoms with Crippen LogP contribution < -0.4 is 15.4 Å². The second kappa shape index (κ2) is 10.8. The summed E-state index contributed by atoms with van der Waals surface area (Å²) in [6.07, 6.45) is 0.238. The molecule has 1 aliphatic rings. The summed E-state index contributed by atoms with van der Waals surface area (Å²) in [5.74, 6) is -0.841. The van der Waals surface area contributed by atoms with E-state index in [2.05, 4.69) is 6.07 Å². The summed E-state index contributed by atoms with van der Waals surface area (Å²) >= 11 is 0. The van der Waals surface area contributed by atoms with Crippen LogP contribution in [-0.4, -0.2) is 29.6 Å². The molecule has 7 nitrogen and oxygen atoms in total. The summed E-state index contributed by atoms with van der Waals surface area (Å²) in [4.78, 5) is 24.9. The Hall–Kier alpha value is -3.86. The van der Waals surface area contributed by atoms with Gasteiger partial charge in [-0.05, 0) is 52.9 Å². The number of nitrogens with two attached hydrogens (primary N) is 1. The Morgan fingerprint density at radius 3 is 2.59 bits per heavy atom. The van der Waals surface area contributed by atoms with Gasteiger partial charge in [0.1, 0.15) is 12.4 Å². The number of carbonyl (C=O) groups is 2. The molecule has 0 saturated heterocycles. The van der Waals surface area contributed by atoms with Crippen molar-refractivity contribution in [3.8, 4) is 22.9 Å². The molecule has 1 aliphatic heterocycles. The normalized spacial score (nSPS) is 12.8. The number of carboxylic acids is 1. The number of carbonyl (C=O) groups excluding carboxylic acids is 1. The number of amides is 1. The van der Waals surface area contributed by atoms with Crippen molar-refractivity contribution >= 4 is 30.0 Å². The molecule has 8 heteroatoms. The van der Waals surface area contributed by atoms with Crippen molar-refractivity contribution in [2.24, 2.45) is 5.73 Å². The van der Waals surface area contributed by atoms with Gasteiger partial charge in [0.2, 0.25) is 5.91 Å². The van der Waals surface area contributed by atoms with Crippen LogP contribution in [0.4, 0.5) is 5.69 Å². The molecular formula is C26H24ClN3O4. The van der Waals surface area contributed by atoms with E-state index in [1.165, 1.54) is 4.90 Å². The molecule has 0 radical (unpaired) electrons. The SMILES string of the molecule is Cl.N#Cc1cc(COc2ccc3c(c2)CCN3C(=O)C(N)CC(=O)O)ccc1-c1ccccc1. The standard InChI is InChI=1S/C26H23N3O4.ClH/c27-15-20-12-17(6-8-22(20)18-4-2-1-3-5-18)16-33-21-7-9-24-19(13-21)10-11-29(24)26(32)23(28)14-25(30)31;/h1-9,12-13,23H,10-11,14,16,28H2,(H,30,31);1H. The zero-order valence-corrected chi connectivity index (χ0v) is 19.1. The molecule has 3 N–H and O–H groups in total. The molecule has 0 bridgehead atoms. The molecule has 0 aromatic heterocycles. The number of aliphatic carboxylic acids is 1. The highest BCUT2D eigenvalue weighted by Crippen LogP contribution is 2.32. The number of hydrogen-bond acceptors (Lipinski definition) is 5. The lowest BCUT2D eigenvalue weighted by molar-refractivity contribution is -0.139. The quantitative estimate of drug-likeness (QED) is 0.532. The molecule has 1 atom stereocenters. The van der Waals surface area contributed by atoms with E-state index in [0.717, 1.165) is 27.9 Å². The van der Waals surface area contributed by atoms with Gasteiger partial charge in [-0.2, -0.15) is 5.26 Å². The molecule has 0 aliphatic carbocycles. The van der Waals surface area contributed by atoms with Gasteiger partial charge in [-0.15, -0.1) is 12.4 Å². The van der Waals surface area contributed by atoms with Crippen molar-refractivity contribution < 1.29 is 19.4 Å². The van der Waals surface area contributed by atoms with E-state index in [-0.39, 0.29) is 12.4 Å². The van der Waals surface area contributed by atoms with E-state index in [1.807, 2.05) is 54.6 Å². The number of hydrogen-bond donors (Lipinski definition) is 2. The predicted octanol–water partition coefficient (Wildman–Crippen LogP) is 3.92. The zero-order chi connectivity index (χ0) is 23.4. The number of benzene rings is 3. The number of nitrogens with zero attached hydrogens (tertiary/aromatic N) is 2. The van der Waals surface area contributed by atoms with Gasteiger partial charge in [0.25, 0.3) is 0 Å². The van der Waals surface area contributed by atoms with Crippen molar-refractivity contribution in [1.82, 2.24) is 0 Å². The van der Waals surface area contributed by atoms with Crippen LogP contribution in [0.1, 0.15) is 23.1 Å². The summed E-state index contributed by atoms with van der Waals surface area (Å²) in [6.45, 7) is 0.756. The third-order valence-electron chi connectivity index (χ3n) is 5.62. The molecule has 0 fully saturated rings. The summed E-state index contributed by atoms with van der Waals surface area (Å²) in [5, 5.41) is 18.5. The fraction of sp³-hybridized carbons (Fsp3) is 0.192. The Bertz CT molecular complexity index is 1240. The Kier molecular flexibility index (Phi) is 7.90. The maximum atomic E-state index is 12.5. The van der Waals surface area contributed by atoms with Crippen LogP contribution in [0.3, 0.4) is 0 Å². The number of rotatable bonds is 7. The first kappa shape index (κ1) is 24.8. The third-order valence-corrected chi connectivity index (χ3v) is 5.62. The highest BCUT2D eigenvalue weighted by atomic mass is 35.5. The molecule has 0 saturated carbocycles. The predicted molar refractivity (Wildman–Crippen MR) is 131 cm³/mol. The van der Waals surface area contributed by atoms with E-state index in [9.17, 15) is 14.9 Å². The van der Waals surface area contributed by atoms with E-state index in [4.69, 9.17) is 15.6 Å². The highest BCUT2D eigenvalue weighted by molar-refractivity contribution is 6.00. The van der Waals surface area contributed by atoms with Crippen LogP contribution in [0.5, 0.6) is 5.75 Å². The van der Waals surface area contributed by atoms with Crippen LogP contribution in [0.15, 0.2) is 66.7 Å². The highest BCUT2D eigenvalue weighted by Gasteiger charge is 2.29. The van der Waals surface area contributed by atoms with Crippen molar-refractivity contribution in [3.05, 3.63) is 83.4 Å². The number of carboxylic acid groups (broad SMARTS) is 1. The number of nitriles is 1. The molecule has 3 aromatic carbocycles. The number of fused-ring (bicyclic) bond motifs is 1. The summed E-state index contributed by atoms with van der Waals surface area (Å²) in [7, 11) is 0. The van der Waals surface area contributed by atoms with E-state index in [0.29, 0.717) is 30.9 Å². The first-order valence-electron chi connectivity index (χ1n) is 10.6. The van der Waals surface area contributed by atoms with Gasteiger partial charge in [0.15, 0.2) is 0 Å². The Morgan fingerprint density at radius 1 is 1.12 bits per heavy atom. The lowest BCUT2D eigenvalue weighted by Gasteiger charge is -2.21. The summed E-state index contributed by atoms with van der Waals surface area (Å²) < 4.78 is 5.94. The molecule has 34 heavy (non-hydrogen) atoms. The molecule has 4 rings (SSSR count). The molecule has 1 amide bonds. The van der Waals surface area contributed by atoms with Gasteiger partial charge in [-0.1, -0.05) is 42.5 Å². The van der Waals surface area contributed by atoms with Crippen molar-refractivity contribution in [1.29, 1.82) is 5.26 Å². The van der Waals surface area contributed by atoms with Crippen LogP contribution in [0.2, 0.25) is 0 Å². The van der Waals surface area contributed by atoms with E-state index in [1.54, 1.807) is 12.1 Å². The van der Waals surface area contributed by atoms with E-state index >= 15 is 0 Å². The number of ether oxygens (including phenoxy) is 1. The van der Waals surface area contributed by atoms with Gasteiger partial charge in [-0.25, -0.2) is 0 Å². The maximum Gasteiger partial charge on any atom is 0.305 e. The monoisotopic (exact) mass is 477 g/mol. The molecular weight excluding hydrogens is 454 g/mol. The van der Waals surface area contributed by atoms with Gasteiger partial charge < -0.3 is 20.5 Å². The largest absolute Gasteiger partial charge is 0.489 e. The first-order chi connectivity index (χ1) is 16.0. The molecule has 174 valence electrons. The molecule has 0 spiro atoms. The van der Waals surface area contributed by atoms with Crippen molar-refractivity contribution in [3.63, 3.8) is 0 Å². The lowest BCUT2D eigenvalue weighted by Crippen LogP contribution is -2.44. The Morgan fingerprint density at radius 2 is 1.88 bits per heavy atom. The second-order valence-electron chi connectivity index (χ2n) is 7.88. The van der Waals surface area contributed by atoms with Crippen LogP contribution in [0.25, 0.3) is 11.1 Å². The summed E-state index contributed by atoms with van der Waals surface area (Å²) in [6, 6.07) is 22.1. The molecule has 1 heterocycles. The topological polar surface area (TPSA) is 117 Å². The zero-order valence-electron chi connectivity index (χ0n) is 18.3. The van der Waals surface area contributed by atoms with Crippen LogP contribution >= 0.6 is 12.4 Å². The molecule has 3 aromatic rings. The second-order valence-corrected chi connectivity index (χ2v) is 7.88. The van der Waals surface area contributed by atoms with Crippen LogP contribution in [0, 0.1) is 11.3 Å². The lowest BCUT2D eigenvalue weighted by atomic mass is 9.98. The Labute approximate surface area is 203 Å². The van der Waals surface area contributed by atoms with Gasteiger partial charge in [0, 0.05) is 12.2 Å². The van der Waals surface area contributed by atoms with Gasteiger partial charge in [-0.3, -0.25) is 9.59 Å². The minimum Gasteiger partial charge on any atom is -0.489 e. The minimum atomic E-state index is -1.10. The fourth-order valence-corrected chi connectivity index (χ4v) is 3.98. The fourth-order valence-electron chi connectivity index (χ4n) is 3.98. The number of anilines is 1. The van der Waals surface area contributed by atoms with Gasteiger partial charge in [0.05, 0.1) is 24.1 Å². The van der Waals surface area contributed by atoms with E-state index < -0.39 is 24.3 Å². The average Bonchev–Trinajstić information content (AvgIpc) is 3.25. The van der Waals surface area contributed by atoms with Crippen LogP contribution in [-0.2, 0) is 22.6 Å². The molecule has 1 unspecified atom stereocenters. The smallest absolute Gasteiger partial charge is 0.305 e.